The molecule has 0 heterocycles. The topological polar surface area (TPSA) is 55.8 Å². The number of ether oxygens (including phenoxy) is 2. The van der Waals surface area contributed by atoms with Crippen molar-refractivity contribution in [1.82, 2.24) is 0 Å². The fourth-order valence-electron chi connectivity index (χ4n) is 1.47. The van der Waals surface area contributed by atoms with E-state index in [0.29, 0.717) is 18.1 Å². The zero-order valence-electron chi connectivity index (χ0n) is 9.74. The molecule has 0 radical (unpaired) electrons. The van der Waals surface area contributed by atoms with Crippen molar-refractivity contribution in [2.24, 2.45) is 0 Å². The predicted octanol–water partition coefficient (Wildman–Crippen LogP) is 2.35. The minimum absolute atomic E-state index is 0.151. The highest BCUT2D eigenvalue weighted by molar-refractivity contribution is 5.92. The lowest BCUT2D eigenvalue weighted by atomic mass is 10.1. The molecule has 0 bridgehead atoms. The van der Waals surface area contributed by atoms with Crippen molar-refractivity contribution in [3.05, 3.63) is 23.3 Å². The molecule has 0 aliphatic heterocycles. The number of carboxylic acid groups (broad SMARTS) is 1. The highest BCUT2D eigenvalue weighted by Gasteiger charge is 2.17. The monoisotopic (exact) mass is 224 g/mol. The highest BCUT2D eigenvalue weighted by Crippen LogP contribution is 2.33. The molecule has 0 saturated heterocycles. The normalized spacial score (nSPS) is 9.94. The summed E-state index contributed by atoms with van der Waals surface area (Å²) < 4.78 is 10.5. The summed E-state index contributed by atoms with van der Waals surface area (Å²) in [6.45, 7) is 4.17. The van der Waals surface area contributed by atoms with E-state index in [4.69, 9.17) is 14.6 Å². The van der Waals surface area contributed by atoms with Crippen LogP contribution in [0, 0.1) is 0 Å². The molecule has 1 N–H and O–H groups in total. The first-order valence-corrected chi connectivity index (χ1v) is 5.21. The number of carbonyl (C=O) groups is 1. The Hall–Kier alpha value is -1.71. The third-order valence-corrected chi connectivity index (χ3v) is 2.26. The molecule has 88 valence electrons. The zero-order chi connectivity index (χ0) is 12.1. The number of methoxy groups -OCH3 is 1. The lowest BCUT2D eigenvalue weighted by Crippen LogP contribution is -2.06. The van der Waals surface area contributed by atoms with Crippen LogP contribution in [0.3, 0.4) is 0 Å². The van der Waals surface area contributed by atoms with Gasteiger partial charge in [-0.25, -0.2) is 4.79 Å². The molecular weight excluding hydrogens is 208 g/mol. The molecule has 0 fully saturated rings. The van der Waals surface area contributed by atoms with Crippen molar-refractivity contribution >= 4 is 5.97 Å². The Bertz CT molecular complexity index is 385. The Balaban J connectivity index is 3.34. The SMILES string of the molecule is CCOc1c(OC)cc(CC)cc1C(=O)O. The summed E-state index contributed by atoms with van der Waals surface area (Å²) in [5.74, 6) is -0.231. The number of benzene rings is 1. The quantitative estimate of drug-likeness (QED) is 0.834. The molecule has 1 rings (SSSR count). The summed E-state index contributed by atoms with van der Waals surface area (Å²) in [5.41, 5.74) is 1.07. The van der Waals surface area contributed by atoms with Gasteiger partial charge in [0.05, 0.1) is 13.7 Å². The average Bonchev–Trinajstić information content (AvgIpc) is 2.29. The fraction of sp³-hybridized carbons (Fsp3) is 0.417. The van der Waals surface area contributed by atoms with Gasteiger partial charge in [0, 0.05) is 0 Å². The van der Waals surface area contributed by atoms with Crippen molar-refractivity contribution in [3.63, 3.8) is 0 Å². The largest absolute Gasteiger partial charge is 0.493 e. The maximum absolute atomic E-state index is 11.1. The molecular formula is C12H16O4. The molecule has 0 aromatic heterocycles. The molecule has 1 aromatic rings. The highest BCUT2D eigenvalue weighted by atomic mass is 16.5. The number of aromatic carboxylic acids is 1. The van der Waals surface area contributed by atoms with Gasteiger partial charge in [0.15, 0.2) is 11.5 Å². The van der Waals surface area contributed by atoms with Crippen molar-refractivity contribution < 1.29 is 19.4 Å². The van der Waals surface area contributed by atoms with E-state index < -0.39 is 5.97 Å². The molecule has 0 aliphatic carbocycles. The van der Waals surface area contributed by atoms with Crippen LogP contribution in [-0.4, -0.2) is 24.8 Å². The van der Waals surface area contributed by atoms with Gasteiger partial charge in [-0.15, -0.1) is 0 Å². The van der Waals surface area contributed by atoms with Gasteiger partial charge < -0.3 is 14.6 Å². The van der Waals surface area contributed by atoms with Crippen LogP contribution in [0.15, 0.2) is 12.1 Å². The zero-order valence-corrected chi connectivity index (χ0v) is 9.74. The summed E-state index contributed by atoms with van der Waals surface area (Å²) in [6.07, 6.45) is 0.753. The van der Waals surface area contributed by atoms with Gasteiger partial charge in [-0.05, 0) is 31.0 Å². The van der Waals surface area contributed by atoms with E-state index >= 15 is 0 Å². The summed E-state index contributed by atoms with van der Waals surface area (Å²) in [5, 5.41) is 9.10. The van der Waals surface area contributed by atoms with Crippen LogP contribution in [0.2, 0.25) is 0 Å². The average molecular weight is 224 g/mol. The maximum Gasteiger partial charge on any atom is 0.339 e. The number of rotatable bonds is 5. The summed E-state index contributed by atoms with van der Waals surface area (Å²) in [4.78, 5) is 11.1. The van der Waals surface area contributed by atoms with Gasteiger partial charge in [-0.2, -0.15) is 0 Å². The van der Waals surface area contributed by atoms with E-state index in [2.05, 4.69) is 0 Å². The van der Waals surface area contributed by atoms with Gasteiger partial charge in [0.1, 0.15) is 5.56 Å². The second kappa shape index (κ2) is 5.39. The summed E-state index contributed by atoms with van der Waals surface area (Å²) in [6, 6.07) is 3.42. The minimum Gasteiger partial charge on any atom is -0.493 e. The fourth-order valence-corrected chi connectivity index (χ4v) is 1.47. The minimum atomic E-state index is -1.00. The molecule has 0 unspecified atom stereocenters. The molecule has 0 atom stereocenters. The molecule has 0 saturated carbocycles. The number of aryl methyl sites for hydroxylation is 1. The predicted molar refractivity (Wildman–Crippen MR) is 60.5 cm³/mol. The van der Waals surface area contributed by atoms with Gasteiger partial charge in [-0.1, -0.05) is 6.92 Å². The first-order chi connectivity index (χ1) is 7.63. The van der Waals surface area contributed by atoms with Crippen LogP contribution in [-0.2, 0) is 6.42 Å². The summed E-state index contributed by atoms with van der Waals surface area (Å²) >= 11 is 0. The molecule has 16 heavy (non-hydrogen) atoms. The Morgan fingerprint density at radius 3 is 2.50 bits per heavy atom. The Labute approximate surface area is 94.8 Å². The van der Waals surface area contributed by atoms with Crippen molar-refractivity contribution in [2.45, 2.75) is 20.3 Å². The smallest absolute Gasteiger partial charge is 0.339 e. The van der Waals surface area contributed by atoms with Crippen LogP contribution in [0.25, 0.3) is 0 Å². The lowest BCUT2D eigenvalue weighted by molar-refractivity contribution is 0.0691. The standard InChI is InChI=1S/C12H16O4/c1-4-8-6-9(12(13)14)11(16-5-2)10(7-8)15-3/h6-7H,4-5H2,1-3H3,(H,13,14). The number of hydrogen-bond acceptors (Lipinski definition) is 3. The van der Waals surface area contributed by atoms with Crippen LogP contribution in [0.1, 0.15) is 29.8 Å². The molecule has 4 nitrogen and oxygen atoms in total. The van der Waals surface area contributed by atoms with Gasteiger partial charge >= 0.3 is 5.97 Å². The Kier molecular flexibility index (Phi) is 4.17. The van der Waals surface area contributed by atoms with E-state index in [0.717, 1.165) is 12.0 Å². The second-order valence-electron chi connectivity index (χ2n) is 3.27. The van der Waals surface area contributed by atoms with E-state index in [1.165, 1.54) is 7.11 Å². The number of hydrogen-bond donors (Lipinski definition) is 1. The summed E-state index contributed by atoms with van der Waals surface area (Å²) in [7, 11) is 1.50. The molecule has 0 spiro atoms. The van der Waals surface area contributed by atoms with Crippen molar-refractivity contribution in [3.8, 4) is 11.5 Å². The molecule has 4 heteroatoms. The first kappa shape index (κ1) is 12.4. The van der Waals surface area contributed by atoms with Crippen LogP contribution in [0.4, 0.5) is 0 Å². The third kappa shape index (κ3) is 2.45. The van der Waals surface area contributed by atoms with Crippen LogP contribution < -0.4 is 9.47 Å². The maximum atomic E-state index is 11.1. The lowest BCUT2D eigenvalue weighted by Gasteiger charge is -2.13. The van der Waals surface area contributed by atoms with E-state index in [1.807, 2.05) is 6.92 Å². The second-order valence-corrected chi connectivity index (χ2v) is 3.27. The van der Waals surface area contributed by atoms with Crippen molar-refractivity contribution in [1.29, 1.82) is 0 Å². The van der Waals surface area contributed by atoms with Gasteiger partial charge in [-0.3, -0.25) is 0 Å². The molecule has 1 aromatic carbocycles. The van der Waals surface area contributed by atoms with Crippen LogP contribution in [0.5, 0.6) is 11.5 Å². The van der Waals surface area contributed by atoms with Gasteiger partial charge in [0.2, 0.25) is 0 Å². The van der Waals surface area contributed by atoms with Crippen LogP contribution >= 0.6 is 0 Å². The molecule has 0 amide bonds. The Morgan fingerprint density at radius 1 is 1.38 bits per heavy atom. The first-order valence-electron chi connectivity index (χ1n) is 5.21. The van der Waals surface area contributed by atoms with E-state index in [9.17, 15) is 4.79 Å². The molecule has 0 aliphatic rings. The Morgan fingerprint density at radius 2 is 2.06 bits per heavy atom. The van der Waals surface area contributed by atoms with Gasteiger partial charge in [0.25, 0.3) is 0 Å². The van der Waals surface area contributed by atoms with Crippen molar-refractivity contribution in [2.75, 3.05) is 13.7 Å². The van der Waals surface area contributed by atoms with E-state index in [-0.39, 0.29) is 5.56 Å². The number of carboxylic acids is 1. The van der Waals surface area contributed by atoms with E-state index in [1.54, 1.807) is 19.1 Å². The third-order valence-electron chi connectivity index (χ3n) is 2.26.